The smallest absolute Gasteiger partial charge is 0.138 e. The number of ether oxygens (including phenoxy) is 1. The fourth-order valence-corrected chi connectivity index (χ4v) is 2.58. The van der Waals surface area contributed by atoms with Gasteiger partial charge in [0.1, 0.15) is 5.75 Å². The van der Waals surface area contributed by atoms with E-state index in [9.17, 15) is 0 Å². The van der Waals surface area contributed by atoms with Crippen molar-refractivity contribution < 1.29 is 4.74 Å². The molecular weight excluding hydrogens is 244 g/mol. The number of hydrogen-bond donors (Lipinski definition) is 1. The van der Waals surface area contributed by atoms with Crippen molar-refractivity contribution in [2.75, 3.05) is 7.05 Å². The number of rotatable bonds is 5. The molecule has 2 aromatic rings. The summed E-state index contributed by atoms with van der Waals surface area (Å²) < 4.78 is 5.68. The molecule has 0 fully saturated rings. The summed E-state index contributed by atoms with van der Waals surface area (Å²) in [7, 11) is 1.96. The van der Waals surface area contributed by atoms with Crippen LogP contribution >= 0.6 is 11.3 Å². The lowest BCUT2D eigenvalue weighted by molar-refractivity contribution is 0.241. The van der Waals surface area contributed by atoms with Crippen molar-refractivity contribution >= 4 is 11.3 Å². The van der Waals surface area contributed by atoms with E-state index in [1.807, 2.05) is 33.2 Å². The summed E-state index contributed by atoms with van der Waals surface area (Å²) in [4.78, 5) is 4.25. The molecule has 4 heteroatoms. The normalized spacial score (nSPS) is 12.7. The van der Waals surface area contributed by atoms with Crippen molar-refractivity contribution in [3.8, 4) is 5.75 Å². The SMILES string of the molecule is CNC(c1ccsc1)c1cncc(OC(C)C)c1. The minimum Gasteiger partial charge on any atom is -0.489 e. The Labute approximate surface area is 112 Å². The highest BCUT2D eigenvalue weighted by atomic mass is 32.1. The summed E-state index contributed by atoms with van der Waals surface area (Å²) in [5.41, 5.74) is 2.38. The Hall–Kier alpha value is -1.39. The van der Waals surface area contributed by atoms with Gasteiger partial charge in [-0.2, -0.15) is 11.3 Å². The Morgan fingerprint density at radius 1 is 1.28 bits per heavy atom. The van der Waals surface area contributed by atoms with Crippen LogP contribution in [0.15, 0.2) is 35.3 Å². The second-order valence-corrected chi connectivity index (χ2v) is 5.18. The van der Waals surface area contributed by atoms with Crippen LogP contribution in [0.4, 0.5) is 0 Å². The summed E-state index contributed by atoms with van der Waals surface area (Å²) in [5, 5.41) is 7.55. The molecule has 0 aromatic carbocycles. The van der Waals surface area contributed by atoms with E-state index in [2.05, 4.69) is 27.1 Å². The molecule has 1 N–H and O–H groups in total. The first kappa shape index (κ1) is 13.1. The van der Waals surface area contributed by atoms with Gasteiger partial charge < -0.3 is 10.1 Å². The molecule has 0 aliphatic heterocycles. The molecule has 2 heterocycles. The van der Waals surface area contributed by atoms with Gasteiger partial charge >= 0.3 is 0 Å². The van der Waals surface area contributed by atoms with E-state index in [1.165, 1.54) is 5.56 Å². The van der Waals surface area contributed by atoms with E-state index in [0.29, 0.717) is 0 Å². The van der Waals surface area contributed by atoms with Crippen LogP contribution in [0.2, 0.25) is 0 Å². The Morgan fingerprint density at radius 2 is 2.11 bits per heavy atom. The van der Waals surface area contributed by atoms with E-state index in [1.54, 1.807) is 17.5 Å². The highest BCUT2D eigenvalue weighted by Crippen LogP contribution is 2.25. The second kappa shape index (κ2) is 5.98. The number of thiophene rings is 1. The maximum absolute atomic E-state index is 5.68. The molecule has 0 aliphatic rings. The lowest BCUT2D eigenvalue weighted by Gasteiger charge is -2.17. The average Bonchev–Trinajstić information content (AvgIpc) is 2.83. The quantitative estimate of drug-likeness (QED) is 0.898. The van der Waals surface area contributed by atoms with E-state index < -0.39 is 0 Å². The number of nitrogens with zero attached hydrogens (tertiary/aromatic N) is 1. The van der Waals surface area contributed by atoms with Gasteiger partial charge in [0.05, 0.1) is 18.3 Å². The number of pyridine rings is 1. The molecule has 0 aliphatic carbocycles. The van der Waals surface area contributed by atoms with Gasteiger partial charge in [-0.25, -0.2) is 0 Å². The van der Waals surface area contributed by atoms with Crippen LogP contribution in [-0.4, -0.2) is 18.1 Å². The molecule has 0 saturated heterocycles. The van der Waals surface area contributed by atoms with Crippen molar-refractivity contribution in [3.63, 3.8) is 0 Å². The van der Waals surface area contributed by atoms with Gasteiger partial charge in [-0.1, -0.05) is 0 Å². The first-order valence-electron chi connectivity index (χ1n) is 6.01. The third-order valence-electron chi connectivity index (χ3n) is 2.60. The number of hydrogen-bond acceptors (Lipinski definition) is 4. The molecule has 3 nitrogen and oxygen atoms in total. The maximum atomic E-state index is 5.68. The van der Waals surface area contributed by atoms with Crippen molar-refractivity contribution in [2.45, 2.75) is 26.0 Å². The minimum absolute atomic E-state index is 0.163. The van der Waals surface area contributed by atoms with Crippen LogP contribution in [0.3, 0.4) is 0 Å². The zero-order chi connectivity index (χ0) is 13.0. The Bertz CT molecular complexity index is 482. The lowest BCUT2D eigenvalue weighted by Crippen LogP contribution is -2.17. The van der Waals surface area contributed by atoms with Crippen molar-refractivity contribution in [2.24, 2.45) is 0 Å². The summed E-state index contributed by atoms with van der Waals surface area (Å²) in [5.74, 6) is 0.818. The zero-order valence-electron chi connectivity index (χ0n) is 10.9. The Kier molecular flexibility index (Phi) is 4.33. The van der Waals surface area contributed by atoms with Gasteiger partial charge in [-0.05, 0) is 54.9 Å². The second-order valence-electron chi connectivity index (χ2n) is 4.40. The van der Waals surface area contributed by atoms with Crippen molar-refractivity contribution in [1.29, 1.82) is 0 Å². The average molecular weight is 262 g/mol. The summed E-state index contributed by atoms with van der Waals surface area (Å²) in [6.45, 7) is 4.03. The molecule has 96 valence electrons. The van der Waals surface area contributed by atoms with Gasteiger partial charge in [-0.15, -0.1) is 0 Å². The molecule has 2 aromatic heterocycles. The maximum Gasteiger partial charge on any atom is 0.138 e. The van der Waals surface area contributed by atoms with Gasteiger partial charge in [-0.3, -0.25) is 4.98 Å². The first-order chi connectivity index (χ1) is 8.70. The summed E-state index contributed by atoms with van der Waals surface area (Å²) in [6, 6.07) is 4.34. The largest absolute Gasteiger partial charge is 0.489 e. The zero-order valence-corrected chi connectivity index (χ0v) is 11.7. The third kappa shape index (κ3) is 3.09. The number of aromatic nitrogens is 1. The summed E-state index contributed by atoms with van der Waals surface area (Å²) in [6.07, 6.45) is 3.80. The van der Waals surface area contributed by atoms with Crippen molar-refractivity contribution in [1.82, 2.24) is 10.3 Å². The number of nitrogens with one attached hydrogen (secondary N) is 1. The van der Waals surface area contributed by atoms with E-state index in [-0.39, 0.29) is 12.1 Å². The topological polar surface area (TPSA) is 34.2 Å². The van der Waals surface area contributed by atoms with Crippen LogP contribution in [0, 0.1) is 0 Å². The van der Waals surface area contributed by atoms with Gasteiger partial charge in [0, 0.05) is 6.20 Å². The summed E-state index contributed by atoms with van der Waals surface area (Å²) >= 11 is 1.70. The Balaban J connectivity index is 2.26. The van der Waals surface area contributed by atoms with E-state index in [0.717, 1.165) is 11.3 Å². The molecule has 0 bridgehead atoms. The van der Waals surface area contributed by atoms with E-state index >= 15 is 0 Å². The van der Waals surface area contributed by atoms with Crippen LogP contribution in [0.1, 0.15) is 31.0 Å². The Morgan fingerprint density at radius 3 is 2.72 bits per heavy atom. The monoisotopic (exact) mass is 262 g/mol. The van der Waals surface area contributed by atoms with Crippen LogP contribution in [-0.2, 0) is 0 Å². The predicted octanol–water partition coefficient (Wildman–Crippen LogP) is 3.24. The van der Waals surface area contributed by atoms with Crippen LogP contribution in [0.5, 0.6) is 5.75 Å². The van der Waals surface area contributed by atoms with Gasteiger partial charge in [0.2, 0.25) is 0 Å². The van der Waals surface area contributed by atoms with Gasteiger partial charge in [0.15, 0.2) is 0 Å². The van der Waals surface area contributed by atoms with E-state index in [4.69, 9.17) is 4.74 Å². The molecule has 0 radical (unpaired) electrons. The van der Waals surface area contributed by atoms with Crippen molar-refractivity contribution in [3.05, 3.63) is 46.4 Å². The third-order valence-corrected chi connectivity index (χ3v) is 3.31. The fourth-order valence-electron chi connectivity index (χ4n) is 1.90. The fraction of sp³-hybridized carbons (Fsp3) is 0.357. The molecule has 1 atom stereocenters. The predicted molar refractivity (Wildman–Crippen MR) is 75.2 cm³/mol. The molecular formula is C14H18N2OS. The molecule has 0 spiro atoms. The highest BCUT2D eigenvalue weighted by Gasteiger charge is 2.13. The molecule has 0 saturated carbocycles. The molecule has 1 unspecified atom stereocenters. The van der Waals surface area contributed by atoms with Crippen LogP contribution in [0.25, 0.3) is 0 Å². The van der Waals surface area contributed by atoms with Crippen LogP contribution < -0.4 is 10.1 Å². The molecule has 0 amide bonds. The molecule has 18 heavy (non-hydrogen) atoms. The standard InChI is InChI=1S/C14H18N2OS/c1-10(2)17-13-6-12(7-16-8-13)14(15-3)11-4-5-18-9-11/h4-10,14-15H,1-3H3. The lowest BCUT2D eigenvalue weighted by atomic mass is 10.0. The van der Waals surface area contributed by atoms with Gasteiger partial charge in [0.25, 0.3) is 0 Å². The molecule has 2 rings (SSSR count). The minimum atomic E-state index is 0.163. The highest BCUT2D eigenvalue weighted by molar-refractivity contribution is 7.08. The first-order valence-corrected chi connectivity index (χ1v) is 6.96.